The van der Waals surface area contributed by atoms with Crippen molar-refractivity contribution in [2.75, 3.05) is 16.0 Å². The SMILES string of the molecule is CC(C)(C)C(=O)Nc1cc(C(=O)Nc2ccc(Sc3ccc([N+](=O)[O-])cc3)cc2)cc(C(=O)Nc2ccc(Sc3ccc([N+](=O)[O-])cc3)cc2)c1. The topological polar surface area (TPSA) is 174 Å². The maximum absolute atomic E-state index is 13.4. The molecule has 0 aromatic heterocycles. The molecule has 51 heavy (non-hydrogen) atoms. The molecule has 0 saturated heterocycles. The van der Waals surface area contributed by atoms with Gasteiger partial charge in [-0.25, -0.2) is 0 Å². The van der Waals surface area contributed by atoms with E-state index in [2.05, 4.69) is 16.0 Å². The van der Waals surface area contributed by atoms with E-state index in [-0.39, 0.29) is 34.1 Å². The molecule has 0 atom stereocenters. The van der Waals surface area contributed by atoms with E-state index in [9.17, 15) is 34.6 Å². The van der Waals surface area contributed by atoms with Gasteiger partial charge < -0.3 is 16.0 Å². The van der Waals surface area contributed by atoms with Crippen LogP contribution in [0.5, 0.6) is 0 Å². The Morgan fingerprint density at radius 2 is 0.843 bits per heavy atom. The van der Waals surface area contributed by atoms with Crippen LogP contribution in [0, 0.1) is 25.6 Å². The minimum absolute atomic E-state index is 0.00621. The van der Waals surface area contributed by atoms with Crippen molar-refractivity contribution in [1.29, 1.82) is 0 Å². The summed E-state index contributed by atoms with van der Waals surface area (Å²) in [5.74, 6) is -1.30. The summed E-state index contributed by atoms with van der Waals surface area (Å²) in [5, 5.41) is 30.3. The van der Waals surface area contributed by atoms with Crippen LogP contribution < -0.4 is 16.0 Å². The summed E-state index contributed by atoms with van der Waals surface area (Å²) in [7, 11) is 0. The number of nitro groups is 2. The summed E-state index contributed by atoms with van der Waals surface area (Å²) in [6, 6.07) is 30.9. The Balaban J connectivity index is 1.29. The van der Waals surface area contributed by atoms with Crippen molar-refractivity contribution >= 4 is 69.7 Å². The lowest BCUT2D eigenvalue weighted by atomic mass is 9.95. The van der Waals surface area contributed by atoms with Crippen LogP contribution >= 0.6 is 23.5 Å². The molecule has 14 heteroatoms. The van der Waals surface area contributed by atoms with Crippen LogP contribution in [0.3, 0.4) is 0 Å². The molecular formula is C37H31N5O7S2. The van der Waals surface area contributed by atoms with Gasteiger partial charge in [-0.3, -0.25) is 34.6 Å². The molecular weight excluding hydrogens is 691 g/mol. The Labute approximate surface area is 301 Å². The number of hydrogen-bond donors (Lipinski definition) is 3. The third kappa shape index (κ3) is 10.0. The average Bonchev–Trinajstić information content (AvgIpc) is 3.10. The first-order valence-corrected chi connectivity index (χ1v) is 17.0. The van der Waals surface area contributed by atoms with Crippen LogP contribution in [0.1, 0.15) is 41.5 Å². The van der Waals surface area contributed by atoms with Gasteiger partial charge in [0.1, 0.15) is 0 Å². The lowest BCUT2D eigenvalue weighted by Gasteiger charge is -2.19. The lowest BCUT2D eigenvalue weighted by Crippen LogP contribution is -2.28. The highest BCUT2D eigenvalue weighted by Crippen LogP contribution is 2.31. The number of nitrogens with zero attached hydrogens (tertiary/aromatic N) is 2. The Kier molecular flexibility index (Phi) is 11.2. The fraction of sp³-hybridized carbons (Fsp3) is 0.108. The number of carbonyl (C=O) groups is 3. The first-order chi connectivity index (χ1) is 24.2. The summed E-state index contributed by atoms with van der Waals surface area (Å²) in [6.45, 7) is 5.25. The molecule has 5 aromatic rings. The third-order valence-electron chi connectivity index (χ3n) is 7.19. The maximum Gasteiger partial charge on any atom is 0.269 e. The fourth-order valence-electron chi connectivity index (χ4n) is 4.44. The zero-order chi connectivity index (χ0) is 36.7. The highest BCUT2D eigenvalue weighted by atomic mass is 32.2. The molecule has 12 nitrogen and oxygen atoms in total. The lowest BCUT2D eigenvalue weighted by molar-refractivity contribution is -0.385. The van der Waals surface area contributed by atoms with Crippen LogP contribution in [0.15, 0.2) is 135 Å². The first kappa shape index (κ1) is 36.3. The maximum atomic E-state index is 13.4. The van der Waals surface area contributed by atoms with Gasteiger partial charge in [-0.05, 0) is 91.0 Å². The van der Waals surface area contributed by atoms with Crippen molar-refractivity contribution in [3.63, 3.8) is 0 Å². The van der Waals surface area contributed by atoms with Crippen LogP contribution in [0.4, 0.5) is 28.4 Å². The van der Waals surface area contributed by atoms with Gasteiger partial charge in [-0.15, -0.1) is 0 Å². The molecule has 0 bridgehead atoms. The summed E-state index contributed by atoms with van der Waals surface area (Å²) in [5.41, 5.74) is 0.834. The summed E-state index contributed by atoms with van der Waals surface area (Å²) in [6.07, 6.45) is 0. The Morgan fingerprint density at radius 1 is 0.510 bits per heavy atom. The van der Waals surface area contributed by atoms with Gasteiger partial charge in [0.2, 0.25) is 5.91 Å². The van der Waals surface area contributed by atoms with Crippen molar-refractivity contribution in [2.45, 2.75) is 40.4 Å². The van der Waals surface area contributed by atoms with Crippen LogP contribution in [0.25, 0.3) is 0 Å². The summed E-state index contributed by atoms with van der Waals surface area (Å²) < 4.78 is 0. The monoisotopic (exact) mass is 721 g/mol. The number of non-ortho nitro benzene ring substituents is 2. The molecule has 0 fully saturated rings. The number of nitrogens with one attached hydrogen (secondary N) is 3. The minimum atomic E-state index is -0.733. The van der Waals surface area contributed by atoms with E-state index in [4.69, 9.17) is 0 Å². The minimum Gasteiger partial charge on any atom is -0.326 e. The van der Waals surface area contributed by atoms with Gasteiger partial charge in [0.15, 0.2) is 0 Å². The van der Waals surface area contributed by atoms with Crippen molar-refractivity contribution in [3.8, 4) is 0 Å². The fourth-order valence-corrected chi connectivity index (χ4v) is 6.08. The second-order valence-electron chi connectivity index (χ2n) is 12.2. The number of nitro benzene ring substituents is 2. The number of benzene rings is 5. The van der Waals surface area contributed by atoms with E-state index in [0.717, 1.165) is 19.6 Å². The van der Waals surface area contributed by atoms with Crippen LogP contribution in [0.2, 0.25) is 0 Å². The molecule has 258 valence electrons. The molecule has 5 rings (SSSR count). The molecule has 0 heterocycles. The zero-order valence-corrected chi connectivity index (χ0v) is 29.2. The number of hydrogen-bond acceptors (Lipinski definition) is 9. The smallest absolute Gasteiger partial charge is 0.269 e. The predicted octanol–water partition coefficient (Wildman–Crippen LogP) is 9.29. The second kappa shape index (κ2) is 15.7. The number of rotatable bonds is 11. The van der Waals surface area contributed by atoms with Gasteiger partial charge in [0.25, 0.3) is 23.2 Å². The molecule has 0 aliphatic rings. The van der Waals surface area contributed by atoms with E-state index in [0.29, 0.717) is 11.4 Å². The molecule has 0 radical (unpaired) electrons. The van der Waals surface area contributed by atoms with Crippen molar-refractivity contribution in [3.05, 3.63) is 147 Å². The molecule has 0 spiro atoms. The number of carbonyl (C=O) groups excluding carboxylic acids is 3. The molecule has 3 N–H and O–H groups in total. The van der Waals surface area contributed by atoms with E-state index in [1.165, 1.54) is 66.0 Å². The highest BCUT2D eigenvalue weighted by Gasteiger charge is 2.23. The van der Waals surface area contributed by atoms with Gasteiger partial charge in [-0.2, -0.15) is 0 Å². The molecule has 3 amide bonds. The molecule has 0 aliphatic heterocycles. The average molecular weight is 722 g/mol. The molecule has 0 saturated carbocycles. The number of anilines is 3. The molecule has 0 unspecified atom stereocenters. The van der Waals surface area contributed by atoms with Crippen LogP contribution in [-0.4, -0.2) is 27.6 Å². The largest absolute Gasteiger partial charge is 0.326 e. The highest BCUT2D eigenvalue weighted by molar-refractivity contribution is 7.99. The Hall–Kier alpha value is -5.99. The predicted molar refractivity (Wildman–Crippen MR) is 198 cm³/mol. The van der Waals surface area contributed by atoms with Gasteiger partial charge in [0.05, 0.1) is 9.85 Å². The van der Waals surface area contributed by atoms with Crippen molar-refractivity contribution < 1.29 is 24.2 Å². The Bertz CT molecular complexity index is 1960. The zero-order valence-electron chi connectivity index (χ0n) is 27.5. The standard InChI is InChI=1S/C37H31N5O7S2/c1-37(2,3)36(45)40-27-21-23(34(43)38-25-4-12-30(13-5-25)50-32-16-8-28(9-17-32)41(46)47)20-24(22-27)35(44)39-26-6-14-31(15-7-26)51-33-18-10-29(11-19-33)42(48)49/h4-22H,1-3H3,(H,38,43)(H,39,44)(H,40,45). The normalized spacial score (nSPS) is 11.0. The second-order valence-corrected chi connectivity index (χ2v) is 14.5. The van der Waals surface area contributed by atoms with E-state index in [1.54, 1.807) is 93.6 Å². The summed E-state index contributed by atoms with van der Waals surface area (Å²) >= 11 is 2.82. The molecule has 5 aromatic carbocycles. The van der Waals surface area contributed by atoms with Gasteiger partial charge >= 0.3 is 0 Å². The van der Waals surface area contributed by atoms with E-state index in [1.807, 2.05) is 0 Å². The third-order valence-corrected chi connectivity index (χ3v) is 9.22. The summed E-state index contributed by atoms with van der Waals surface area (Å²) in [4.78, 5) is 63.9. The Morgan fingerprint density at radius 3 is 1.16 bits per heavy atom. The van der Waals surface area contributed by atoms with Crippen LogP contribution in [-0.2, 0) is 4.79 Å². The van der Waals surface area contributed by atoms with Crippen molar-refractivity contribution in [2.24, 2.45) is 5.41 Å². The number of amides is 3. The van der Waals surface area contributed by atoms with E-state index < -0.39 is 27.1 Å². The first-order valence-electron chi connectivity index (χ1n) is 15.4. The van der Waals surface area contributed by atoms with Crippen molar-refractivity contribution in [1.82, 2.24) is 0 Å². The van der Waals surface area contributed by atoms with E-state index >= 15 is 0 Å². The molecule has 0 aliphatic carbocycles. The quantitative estimate of drug-likeness (QED) is 0.0887. The van der Waals surface area contributed by atoms with Gasteiger partial charge in [0, 0.05) is 77.5 Å². The van der Waals surface area contributed by atoms with Gasteiger partial charge in [-0.1, -0.05) is 44.3 Å².